The lowest BCUT2D eigenvalue weighted by Crippen LogP contribution is -2.14. The molecular weight excluding hydrogens is 370 g/mol. The zero-order valence-corrected chi connectivity index (χ0v) is 16.2. The Morgan fingerprint density at radius 2 is 1.86 bits per heavy atom. The topological polar surface area (TPSA) is 72.7 Å². The summed E-state index contributed by atoms with van der Waals surface area (Å²) < 4.78 is 1.75. The monoisotopic (exact) mass is 389 g/mol. The largest absolute Gasteiger partial charge is 0.321 e. The van der Waals surface area contributed by atoms with Crippen LogP contribution in [0.1, 0.15) is 31.5 Å². The Morgan fingerprint density at radius 1 is 1.07 bits per heavy atom. The Balaban J connectivity index is 1.46. The number of thiazole rings is 1. The van der Waals surface area contributed by atoms with E-state index >= 15 is 0 Å². The van der Waals surface area contributed by atoms with Gasteiger partial charge < -0.3 is 5.32 Å². The molecule has 28 heavy (non-hydrogen) atoms. The molecule has 0 saturated carbocycles. The van der Waals surface area contributed by atoms with Gasteiger partial charge in [-0.25, -0.2) is 14.6 Å². The lowest BCUT2D eigenvalue weighted by atomic mass is 10.1. The van der Waals surface area contributed by atoms with Gasteiger partial charge in [0.25, 0.3) is 5.91 Å². The highest BCUT2D eigenvalue weighted by atomic mass is 32.1. The van der Waals surface area contributed by atoms with Crippen molar-refractivity contribution in [2.45, 2.75) is 19.9 Å². The second kappa shape index (κ2) is 8.14. The van der Waals surface area contributed by atoms with Crippen LogP contribution >= 0.6 is 11.3 Å². The van der Waals surface area contributed by atoms with Crippen molar-refractivity contribution >= 4 is 22.9 Å². The molecule has 1 N–H and O–H groups in total. The molecule has 0 atom stereocenters. The molecule has 6 nitrogen and oxygen atoms in total. The number of benzene rings is 2. The first kappa shape index (κ1) is 18.1. The Hall–Kier alpha value is -3.32. The highest BCUT2D eigenvalue weighted by molar-refractivity contribution is 7.11. The van der Waals surface area contributed by atoms with E-state index < -0.39 is 0 Å². The van der Waals surface area contributed by atoms with Crippen LogP contribution in [0.15, 0.2) is 67.3 Å². The molecule has 4 rings (SSSR count). The fraction of sp³-hybridized carbons (Fsp3) is 0.143. The van der Waals surface area contributed by atoms with Gasteiger partial charge in [-0.05, 0) is 30.2 Å². The molecule has 0 fully saturated rings. The van der Waals surface area contributed by atoms with Crippen LogP contribution in [0.3, 0.4) is 0 Å². The normalized spacial score (nSPS) is 10.8. The fourth-order valence-corrected chi connectivity index (χ4v) is 3.90. The van der Waals surface area contributed by atoms with Gasteiger partial charge in [-0.1, -0.05) is 42.5 Å². The van der Waals surface area contributed by atoms with Crippen LogP contribution in [0.5, 0.6) is 0 Å². The van der Waals surface area contributed by atoms with Crippen LogP contribution in [0.2, 0.25) is 0 Å². The highest BCUT2D eigenvalue weighted by Gasteiger charge is 2.17. The van der Waals surface area contributed by atoms with E-state index in [1.807, 2.05) is 49.4 Å². The summed E-state index contributed by atoms with van der Waals surface area (Å²) in [6.07, 6.45) is 3.89. The van der Waals surface area contributed by atoms with Gasteiger partial charge in [-0.3, -0.25) is 4.79 Å². The standard InChI is InChI=1S/C21H19N5OS/c1-15-24-20(19(28-15)11-16-5-3-2-4-6-16)21(27)25-18-9-7-17(8-10-18)12-26-14-22-13-23-26/h2-10,13-14H,11-12H2,1H3,(H,25,27). The number of carbonyl (C=O) groups is 1. The van der Waals surface area contributed by atoms with E-state index in [4.69, 9.17) is 0 Å². The van der Waals surface area contributed by atoms with Crippen molar-refractivity contribution in [2.75, 3.05) is 5.32 Å². The molecular formula is C21H19N5OS. The summed E-state index contributed by atoms with van der Waals surface area (Å²) in [5, 5.41) is 7.94. The summed E-state index contributed by atoms with van der Waals surface area (Å²) in [5.41, 5.74) is 3.48. The predicted octanol–water partition coefficient (Wildman–Crippen LogP) is 3.93. The van der Waals surface area contributed by atoms with Gasteiger partial charge in [-0.15, -0.1) is 11.3 Å². The first-order valence-electron chi connectivity index (χ1n) is 8.90. The van der Waals surface area contributed by atoms with E-state index in [2.05, 4.69) is 32.5 Å². The molecule has 0 aliphatic heterocycles. The first-order chi connectivity index (χ1) is 13.7. The predicted molar refractivity (Wildman–Crippen MR) is 110 cm³/mol. The van der Waals surface area contributed by atoms with Crippen molar-refractivity contribution in [1.82, 2.24) is 19.7 Å². The van der Waals surface area contributed by atoms with Crippen molar-refractivity contribution < 1.29 is 4.79 Å². The number of aryl methyl sites for hydroxylation is 1. The maximum absolute atomic E-state index is 12.8. The molecule has 0 saturated heterocycles. The summed E-state index contributed by atoms with van der Waals surface area (Å²) in [5.74, 6) is -0.181. The van der Waals surface area contributed by atoms with Crippen molar-refractivity contribution in [3.63, 3.8) is 0 Å². The second-order valence-corrected chi connectivity index (χ2v) is 7.70. The number of nitrogens with zero attached hydrogens (tertiary/aromatic N) is 4. The number of anilines is 1. The molecule has 0 unspecified atom stereocenters. The van der Waals surface area contributed by atoms with Crippen molar-refractivity contribution in [2.24, 2.45) is 0 Å². The Labute approximate surface area is 166 Å². The van der Waals surface area contributed by atoms with Gasteiger partial charge in [0.1, 0.15) is 18.3 Å². The number of nitrogens with one attached hydrogen (secondary N) is 1. The molecule has 0 aliphatic carbocycles. The summed E-state index contributed by atoms with van der Waals surface area (Å²) in [6, 6.07) is 17.8. The van der Waals surface area contributed by atoms with E-state index in [1.165, 1.54) is 6.33 Å². The first-order valence-corrected chi connectivity index (χ1v) is 9.72. The fourth-order valence-electron chi connectivity index (χ4n) is 2.93. The number of carbonyl (C=O) groups excluding carboxylic acids is 1. The lowest BCUT2D eigenvalue weighted by Gasteiger charge is -2.07. The van der Waals surface area contributed by atoms with Crippen LogP contribution in [0.4, 0.5) is 5.69 Å². The van der Waals surface area contributed by atoms with Crippen LogP contribution in [0, 0.1) is 6.92 Å². The summed E-state index contributed by atoms with van der Waals surface area (Å²) in [4.78, 5) is 22.2. The number of rotatable bonds is 6. The summed E-state index contributed by atoms with van der Waals surface area (Å²) >= 11 is 1.57. The maximum atomic E-state index is 12.8. The Morgan fingerprint density at radius 3 is 2.57 bits per heavy atom. The van der Waals surface area contributed by atoms with Gasteiger partial charge in [0.15, 0.2) is 0 Å². The zero-order chi connectivity index (χ0) is 19.3. The molecule has 7 heteroatoms. The minimum atomic E-state index is -0.181. The summed E-state index contributed by atoms with van der Waals surface area (Å²) in [7, 11) is 0. The molecule has 2 aromatic heterocycles. The summed E-state index contributed by atoms with van der Waals surface area (Å²) in [6.45, 7) is 2.57. The van der Waals surface area contributed by atoms with Crippen LogP contribution in [-0.2, 0) is 13.0 Å². The van der Waals surface area contributed by atoms with Gasteiger partial charge in [0, 0.05) is 17.0 Å². The van der Waals surface area contributed by atoms with E-state index in [-0.39, 0.29) is 5.91 Å². The van der Waals surface area contributed by atoms with Gasteiger partial charge in [-0.2, -0.15) is 5.10 Å². The zero-order valence-electron chi connectivity index (χ0n) is 15.4. The maximum Gasteiger partial charge on any atom is 0.275 e. The Kier molecular flexibility index (Phi) is 5.25. The number of hydrogen-bond acceptors (Lipinski definition) is 5. The van der Waals surface area contributed by atoms with Gasteiger partial charge >= 0.3 is 0 Å². The second-order valence-electron chi connectivity index (χ2n) is 6.41. The molecule has 0 bridgehead atoms. The molecule has 0 radical (unpaired) electrons. The number of amides is 1. The minimum Gasteiger partial charge on any atom is -0.321 e. The average molecular weight is 389 g/mol. The van der Waals surface area contributed by atoms with Crippen LogP contribution < -0.4 is 5.32 Å². The number of hydrogen-bond donors (Lipinski definition) is 1. The molecule has 2 heterocycles. The van der Waals surface area contributed by atoms with Gasteiger partial charge in [0.05, 0.1) is 11.6 Å². The quantitative estimate of drug-likeness (QED) is 0.542. The van der Waals surface area contributed by atoms with E-state index in [1.54, 1.807) is 22.3 Å². The van der Waals surface area contributed by atoms with Crippen molar-refractivity contribution in [1.29, 1.82) is 0 Å². The van der Waals surface area contributed by atoms with Crippen LogP contribution in [0.25, 0.3) is 0 Å². The van der Waals surface area contributed by atoms with Gasteiger partial charge in [0.2, 0.25) is 0 Å². The smallest absolute Gasteiger partial charge is 0.275 e. The third kappa shape index (κ3) is 4.32. The van der Waals surface area contributed by atoms with E-state index in [9.17, 15) is 4.79 Å². The van der Waals surface area contributed by atoms with Crippen LogP contribution in [-0.4, -0.2) is 25.7 Å². The molecule has 0 spiro atoms. The van der Waals surface area contributed by atoms with E-state index in [0.29, 0.717) is 18.7 Å². The third-order valence-electron chi connectivity index (χ3n) is 4.25. The Bertz CT molecular complexity index is 1060. The van der Waals surface area contributed by atoms with Crippen molar-refractivity contribution in [3.05, 3.63) is 94.0 Å². The SMILES string of the molecule is Cc1nc(C(=O)Nc2ccc(Cn3cncn3)cc2)c(Cc2ccccc2)s1. The third-order valence-corrected chi connectivity index (χ3v) is 5.22. The molecule has 4 aromatic rings. The molecule has 2 aromatic carbocycles. The molecule has 140 valence electrons. The molecule has 0 aliphatic rings. The lowest BCUT2D eigenvalue weighted by molar-refractivity contribution is 0.102. The van der Waals surface area contributed by atoms with Crippen molar-refractivity contribution in [3.8, 4) is 0 Å². The molecule has 1 amide bonds. The number of aromatic nitrogens is 4. The minimum absolute atomic E-state index is 0.181. The average Bonchev–Trinajstić information content (AvgIpc) is 3.34. The van der Waals surface area contributed by atoms with E-state index in [0.717, 1.165) is 26.7 Å². The highest BCUT2D eigenvalue weighted by Crippen LogP contribution is 2.23.